The number of imide groups is 1. The number of nitrogens with zero attached hydrogens (tertiary/aromatic N) is 2. The minimum absolute atomic E-state index is 0.00405. The van der Waals surface area contributed by atoms with Gasteiger partial charge in [0.15, 0.2) is 0 Å². The van der Waals surface area contributed by atoms with Gasteiger partial charge in [-0.3, -0.25) is 9.59 Å². The van der Waals surface area contributed by atoms with Gasteiger partial charge in [0.2, 0.25) is 15.9 Å². The molecule has 1 fully saturated rings. The minimum Gasteiger partial charge on any atom is -0.274 e. The molecule has 6 nitrogen and oxygen atoms in total. The maximum absolute atomic E-state index is 13.5. The van der Waals surface area contributed by atoms with Gasteiger partial charge in [0.05, 0.1) is 17.0 Å². The van der Waals surface area contributed by atoms with Crippen molar-refractivity contribution in [3.05, 3.63) is 95.3 Å². The lowest BCUT2D eigenvalue weighted by Gasteiger charge is -2.27. The number of amides is 2. The molecule has 9 heteroatoms. The molecule has 0 aromatic heterocycles. The molecule has 0 radical (unpaired) electrons. The van der Waals surface area contributed by atoms with E-state index in [1.807, 2.05) is 30.3 Å². The molecule has 0 aliphatic carbocycles. The van der Waals surface area contributed by atoms with Crippen molar-refractivity contribution in [2.75, 3.05) is 11.4 Å². The summed E-state index contributed by atoms with van der Waals surface area (Å²) < 4.78 is 41.5. The summed E-state index contributed by atoms with van der Waals surface area (Å²) >= 11 is 5.91. The first-order valence-electron chi connectivity index (χ1n) is 10.2. The summed E-state index contributed by atoms with van der Waals surface area (Å²) in [4.78, 5) is 26.9. The number of benzene rings is 3. The SMILES string of the molecule is O=C1CC(N(CCc2ccccc2)S(=O)(=O)c2ccc(Cl)cc2)C(=O)N1c1ccc(F)cc1. The molecule has 1 atom stereocenters. The number of anilines is 1. The second kappa shape index (κ2) is 9.43. The van der Waals surface area contributed by atoms with Gasteiger partial charge in [-0.05, 0) is 60.5 Å². The van der Waals surface area contributed by atoms with Gasteiger partial charge in [-0.15, -0.1) is 0 Å². The Bertz CT molecular complexity index is 1270. The van der Waals surface area contributed by atoms with Gasteiger partial charge in [-0.1, -0.05) is 41.9 Å². The van der Waals surface area contributed by atoms with Crippen molar-refractivity contribution >= 4 is 39.1 Å². The molecule has 3 aromatic carbocycles. The fourth-order valence-corrected chi connectivity index (χ4v) is 5.48. The van der Waals surface area contributed by atoms with E-state index in [0.29, 0.717) is 11.4 Å². The van der Waals surface area contributed by atoms with Crippen molar-refractivity contribution in [3.63, 3.8) is 0 Å². The smallest absolute Gasteiger partial charge is 0.252 e. The first-order chi connectivity index (χ1) is 15.8. The largest absolute Gasteiger partial charge is 0.274 e. The van der Waals surface area contributed by atoms with Crippen molar-refractivity contribution < 1.29 is 22.4 Å². The number of rotatable bonds is 7. The van der Waals surface area contributed by atoms with Crippen LogP contribution in [0.1, 0.15) is 12.0 Å². The molecule has 0 saturated carbocycles. The Morgan fingerprint density at radius 3 is 2.21 bits per heavy atom. The number of sulfonamides is 1. The Hall–Kier alpha value is -3.07. The molecule has 1 heterocycles. The Morgan fingerprint density at radius 2 is 1.58 bits per heavy atom. The van der Waals surface area contributed by atoms with E-state index < -0.39 is 33.7 Å². The summed E-state index contributed by atoms with van der Waals surface area (Å²) in [5.41, 5.74) is 1.08. The highest BCUT2D eigenvalue weighted by atomic mass is 35.5. The second-order valence-corrected chi connectivity index (χ2v) is 9.90. The van der Waals surface area contributed by atoms with Crippen molar-refractivity contribution in [3.8, 4) is 0 Å². The van der Waals surface area contributed by atoms with Crippen LogP contribution in [0.15, 0.2) is 83.8 Å². The van der Waals surface area contributed by atoms with E-state index in [2.05, 4.69) is 0 Å². The first kappa shape index (κ1) is 23.1. The third-order valence-electron chi connectivity index (χ3n) is 5.44. The van der Waals surface area contributed by atoms with Crippen LogP contribution in [0, 0.1) is 5.82 Å². The molecule has 170 valence electrons. The molecular formula is C24H20ClFN2O4S. The predicted molar refractivity (Wildman–Crippen MR) is 123 cm³/mol. The Balaban J connectivity index is 1.69. The molecule has 0 bridgehead atoms. The fourth-order valence-electron chi connectivity index (χ4n) is 3.77. The Kier molecular flexibility index (Phi) is 6.60. The van der Waals surface area contributed by atoms with Crippen LogP contribution >= 0.6 is 11.6 Å². The van der Waals surface area contributed by atoms with Crippen LogP contribution < -0.4 is 4.90 Å². The number of carbonyl (C=O) groups is 2. The van der Waals surface area contributed by atoms with Gasteiger partial charge in [-0.2, -0.15) is 4.31 Å². The molecule has 4 rings (SSSR count). The first-order valence-corrected chi connectivity index (χ1v) is 12.0. The molecule has 33 heavy (non-hydrogen) atoms. The summed E-state index contributed by atoms with van der Waals surface area (Å²) in [6, 6.07) is 18.6. The highest BCUT2D eigenvalue weighted by Gasteiger charge is 2.46. The topological polar surface area (TPSA) is 74.8 Å². The number of hydrogen-bond donors (Lipinski definition) is 0. The molecule has 1 unspecified atom stereocenters. The average Bonchev–Trinajstić information content (AvgIpc) is 3.09. The maximum Gasteiger partial charge on any atom is 0.252 e. The van der Waals surface area contributed by atoms with Crippen LogP contribution in [-0.4, -0.2) is 37.1 Å². The maximum atomic E-state index is 13.5. The lowest BCUT2D eigenvalue weighted by molar-refractivity contribution is -0.122. The summed E-state index contributed by atoms with van der Waals surface area (Å²) in [7, 11) is -4.13. The fraction of sp³-hybridized carbons (Fsp3) is 0.167. The number of halogens is 2. The molecule has 2 amide bonds. The molecule has 1 aliphatic rings. The second-order valence-electron chi connectivity index (χ2n) is 7.57. The van der Waals surface area contributed by atoms with Crippen LogP contribution in [0.3, 0.4) is 0 Å². The summed E-state index contributed by atoms with van der Waals surface area (Å²) in [5, 5.41) is 0.374. The highest BCUT2D eigenvalue weighted by molar-refractivity contribution is 7.89. The predicted octanol–water partition coefficient (Wildman–Crippen LogP) is 4.04. The number of carbonyl (C=O) groups excluding carboxylic acids is 2. The minimum atomic E-state index is -4.13. The highest BCUT2D eigenvalue weighted by Crippen LogP contribution is 2.30. The normalized spacial score (nSPS) is 16.6. The molecule has 1 saturated heterocycles. The third kappa shape index (κ3) is 4.83. The number of hydrogen-bond acceptors (Lipinski definition) is 4. The van der Waals surface area contributed by atoms with Gasteiger partial charge in [-0.25, -0.2) is 17.7 Å². The van der Waals surface area contributed by atoms with Crippen LogP contribution in [0.4, 0.5) is 10.1 Å². The molecule has 0 N–H and O–H groups in total. The van der Waals surface area contributed by atoms with E-state index >= 15 is 0 Å². The Labute approximate surface area is 196 Å². The molecule has 3 aromatic rings. The van der Waals surface area contributed by atoms with Gasteiger partial charge < -0.3 is 0 Å². The van der Waals surface area contributed by atoms with E-state index in [0.717, 1.165) is 26.9 Å². The van der Waals surface area contributed by atoms with Crippen LogP contribution in [-0.2, 0) is 26.0 Å². The van der Waals surface area contributed by atoms with Crippen LogP contribution in [0.2, 0.25) is 5.02 Å². The lowest BCUT2D eigenvalue weighted by atomic mass is 10.1. The summed E-state index contributed by atoms with van der Waals surface area (Å²) in [5.74, 6) is -1.73. The quantitative estimate of drug-likeness (QED) is 0.472. The van der Waals surface area contributed by atoms with Gasteiger partial charge >= 0.3 is 0 Å². The average molecular weight is 487 g/mol. The van der Waals surface area contributed by atoms with Gasteiger partial charge in [0.25, 0.3) is 5.91 Å². The van der Waals surface area contributed by atoms with Crippen LogP contribution in [0.25, 0.3) is 0 Å². The zero-order valence-electron chi connectivity index (χ0n) is 17.4. The van der Waals surface area contributed by atoms with Crippen molar-refractivity contribution in [2.24, 2.45) is 0 Å². The standard InChI is InChI=1S/C24H20ClFN2O4S/c25-18-6-12-21(13-7-18)33(31,32)27(15-14-17-4-2-1-3-5-17)22-16-23(29)28(24(22)30)20-10-8-19(26)9-11-20/h1-13,22H,14-16H2. The lowest BCUT2D eigenvalue weighted by Crippen LogP contribution is -2.46. The molecule has 0 spiro atoms. The van der Waals surface area contributed by atoms with Crippen molar-refractivity contribution in [1.82, 2.24) is 4.31 Å². The zero-order valence-corrected chi connectivity index (χ0v) is 19.0. The Morgan fingerprint density at radius 1 is 0.939 bits per heavy atom. The molecular weight excluding hydrogens is 467 g/mol. The summed E-state index contributed by atoms with van der Waals surface area (Å²) in [6.07, 6.45) is 0.0417. The van der Waals surface area contributed by atoms with E-state index in [4.69, 9.17) is 11.6 Å². The zero-order chi connectivity index (χ0) is 23.6. The van der Waals surface area contributed by atoms with E-state index in [1.165, 1.54) is 36.4 Å². The monoisotopic (exact) mass is 486 g/mol. The van der Waals surface area contributed by atoms with E-state index in [9.17, 15) is 22.4 Å². The van der Waals surface area contributed by atoms with Gasteiger partial charge in [0, 0.05) is 11.6 Å². The molecule has 1 aliphatic heterocycles. The van der Waals surface area contributed by atoms with E-state index in [1.54, 1.807) is 0 Å². The third-order valence-corrected chi connectivity index (χ3v) is 7.61. The van der Waals surface area contributed by atoms with Crippen LogP contribution in [0.5, 0.6) is 0 Å². The van der Waals surface area contributed by atoms with E-state index in [-0.39, 0.29) is 23.5 Å². The summed E-state index contributed by atoms with van der Waals surface area (Å²) in [6.45, 7) is -0.00405. The van der Waals surface area contributed by atoms with Crippen molar-refractivity contribution in [1.29, 1.82) is 0 Å². The van der Waals surface area contributed by atoms with Crippen molar-refractivity contribution in [2.45, 2.75) is 23.8 Å². The van der Waals surface area contributed by atoms with Gasteiger partial charge in [0.1, 0.15) is 11.9 Å².